The first-order valence-electron chi connectivity index (χ1n) is 21.2. The zero-order chi connectivity index (χ0) is 41.6. The molecule has 9 aromatic rings. The Labute approximate surface area is 363 Å². The molecule has 0 aromatic heterocycles. The molecule has 0 heterocycles. The molecule has 0 N–H and O–H groups in total. The molecule has 4 nitrogen and oxygen atoms in total. The van der Waals surface area contributed by atoms with Gasteiger partial charge in [0.25, 0.3) is 0 Å². The Balaban J connectivity index is 1.14. The van der Waals surface area contributed by atoms with Crippen LogP contribution in [0.5, 0.6) is 11.5 Å². The van der Waals surface area contributed by atoms with E-state index >= 15 is 0 Å². The average molecular weight is 801 g/mol. The van der Waals surface area contributed by atoms with Gasteiger partial charge >= 0.3 is 0 Å². The molecule has 9 aromatic carbocycles. The minimum atomic E-state index is -0.0161. The van der Waals surface area contributed by atoms with Gasteiger partial charge in [-0.25, -0.2) is 0 Å². The molecule has 3 aliphatic carbocycles. The molecule has 2 bridgehead atoms. The number of para-hydroxylation sites is 4. The summed E-state index contributed by atoms with van der Waals surface area (Å²) in [6.07, 6.45) is 0. The second kappa shape index (κ2) is 15.7. The number of methoxy groups -OCH3 is 2. The summed E-state index contributed by atoms with van der Waals surface area (Å²) in [6.45, 7) is 0. The van der Waals surface area contributed by atoms with Crippen LogP contribution in [0, 0.1) is 0 Å². The van der Waals surface area contributed by atoms with Crippen LogP contribution in [0.2, 0.25) is 0 Å². The van der Waals surface area contributed by atoms with E-state index in [1.807, 2.05) is 14.2 Å². The third-order valence-electron chi connectivity index (χ3n) is 12.6. The highest BCUT2D eigenvalue weighted by molar-refractivity contribution is 5.97. The normalized spacial score (nSPS) is 14.3. The predicted molar refractivity (Wildman–Crippen MR) is 255 cm³/mol. The molecule has 12 rings (SSSR count). The molecule has 0 fully saturated rings. The van der Waals surface area contributed by atoms with E-state index in [4.69, 9.17) is 9.47 Å². The fraction of sp³-hybridized carbons (Fsp3) is 0.0690. The molecular weight excluding hydrogens is 757 g/mol. The Kier molecular flexibility index (Phi) is 9.39. The molecule has 62 heavy (non-hydrogen) atoms. The summed E-state index contributed by atoms with van der Waals surface area (Å²) in [5.41, 5.74) is 18.3. The first-order chi connectivity index (χ1) is 30.7. The molecule has 0 atom stereocenters. The molecule has 3 aliphatic rings. The van der Waals surface area contributed by atoms with Crippen LogP contribution in [0.15, 0.2) is 218 Å². The smallest absolute Gasteiger partial charge is 0.132 e. The first-order valence-corrected chi connectivity index (χ1v) is 21.2. The number of nitrogens with zero attached hydrogens (tertiary/aromatic N) is 2. The van der Waals surface area contributed by atoms with E-state index in [9.17, 15) is 0 Å². The molecule has 0 saturated carbocycles. The third-order valence-corrected chi connectivity index (χ3v) is 12.6. The number of rotatable bonds is 10. The van der Waals surface area contributed by atoms with Gasteiger partial charge < -0.3 is 19.3 Å². The van der Waals surface area contributed by atoms with E-state index in [0.717, 1.165) is 67.9 Å². The van der Waals surface area contributed by atoms with Crippen molar-refractivity contribution in [2.75, 3.05) is 24.0 Å². The predicted octanol–water partition coefficient (Wildman–Crippen LogP) is 15.0. The molecule has 0 unspecified atom stereocenters. The SMILES string of the molecule is COc1c(-c2ccc(N(c3ccccc3)c3ccccc3)cc2)c(-c2ccc(N(c3ccccc3)c3ccccc3)cc2)c(OC)c2c1C1c3ccccc3C2c2ccccc21. The van der Waals surface area contributed by atoms with Gasteiger partial charge in [-0.05, 0) is 106 Å². The quantitative estimate of drug-likeness (QED) is 0.138. The Hall–Kier alpha value is -7.82. The Bertz CT molecular complexity index is 2690. The number of hydrogen-bond acceptors (Lipinski definition) is 4. The van der Waals surface area contributed by atoms with Crippen molar-refractivity contribution in [3.05, 3.63) is 252 Å². The van der Waals surface area contributed by atoms with Gasteiger partial charge in [-0.3, -0.25) is 0 Å². The van der Waals surface area contributed by atoms with Crippen molar-refractivity contribution in [2.24, 2.45) is 0 Å². The third kappa shape index (κ3) is 6.06. The van der Waals surface area contributed by atoms with E-state index in [1.165, 1.54) is 33.4 Å². The van der Waals surface area contributed by atoms with Crippen LogP contribution >= 0.6 is 0 Å². The van der Waals surface area contributed by atoms with Gasteiger partial charge in [-0.2, -0.15) is 0 Å². The first kappa shape index (κ1) is 37.2. The summed E-state index contributed by atoms with van der Waals surface area (Å²) in [4.78, 5) is 4.60. The number of ether oxygens (including phenoxy) is 2. The molecule has 298 valence electrons. The lowest BCUT2D eigenvalue weighted by Crippen LogP contribution is -2.29. The Morgan fingerprint density at radius 1 is 0.290 bits per heavy atom. The van der Waals surface area contributed by atoms with Crippen LogP contribution in [0.1, 0.15) is 45.2 Å². The van der Waals surface area contributed by atoms with Gasteiger partial charge in [-0.15, -0.1) is 0 Å². The van der Waals surface area contributed by atoms with Crippen LogP contribution in [-0.2, 0) is 0 Å². The lowest BCUT2D eigenvalue weighted by molar-refractivity contribution is 0.392. The van der Waals surface area contributed by atoms with Crippen LogP contribution < -0.4 is 19.3 Å². The lowest BCUT2D eigenvalue weighted by atomic mass is 9.59. The number of benzene rings is 9. The van der Waals surface area contributed by atoms with E-state index in [0.29, 0.717) is 0 Å². The summed E-state index contributed by atoms with van der Waals surface area (Å²) in [6, 6.07) is 77.9. The fourth-order valence-corrected chi connectivity index (χ4v) is 10.1. The number of hydrogen-bond donors (Lipinski definition) is 0. The van der Waals surface area contributed by atoms with Crippen LogP contribution in [0.4, 0.5) is 34.1 Å². The summed E-state index contributed by atoms with van der Waals surface area (Å²) in [5.74, 6) is 1.73. The number of anilines is 6. The van der Waals surface area contributed by atoms with Gasteiger partial charge in [0.2, 0.25) is 0 Å². The summed E-state index contributed by atoms with van der Waals surface area (Å²) >= 11 is 0. The van der Waals surface area contributed by atoms with Crippen molar-refractivity contribution in [1.29, 1.82) is 0 Å². The van der Waals surface area contributed by atoms with E-state index in [1.54, 1.807) is 0 Å². The maximum absolute atomic E-state index is 6.76. The zero-order valence-electron chi connectivity index (χ0n) is 34.7. The highest BCUT2D eigenvalue weighted by Gasteiger charge is 2.46. The second-order valence-corrected chi connectivity index (χ2v) is 15.9. The fourth-order valence-electron chi connectivity index (χ4n) is 10.1. The van der Waals surface area contributed by atoms with E-state index in [2.05, 4.69) is 228 Å². The summed E-state index contributed by atoms with van der Waals surface area (Å²) in [7, 11) is 3.66. The molecule has 4 heteroatoms. The minimum absolute atomic E-state index is 0.0161. The van der Waals surface area contributed by atoms with Gasteiger partial charge in [0.15, 0.2) is 0 Å². The van der Waals surface area contributed by atoms with Crippen molar-refractivity contribution in [1.82, 2.24) is 0 Å². The Morgan fingerprint density at radius 2 is 0.532 bits per heavy atom. The monoisotopic (exact) mass is 800 g/mol. The van der Waals surface area contributed by atoms with Crippen molar-refractivity contribution >= 4 is 34.1 Å². The van der Waals surface area contributed by atoms with E-state index in [-0.39, 0.29) is 11.8 Å². The molecule has 0 saturated heterocycles. The van der Waals surface area contributed by atoms with Crippen LogP contribution in [0.3, 0.4) is 0 Å². The van der Waals surface area contributed by atoms with Crippen molar-refractivity contribution in [3.63, 3.8) is 0 Å². The van der Waals surface area contributed by atoms with Crippen molar-refractivity contribution in [3.8, 4) is 33.8 Å². The maximum atomic E-state index is 6.76. The lowest BCUT2D eigenvalue weighted by Gasteiger charge is -2.44. The van der Waals surface area contributed by atoms with E-state index < -0.39 is 0 Å². The molecule has 0 amide bonds. The topological polar surface area (TPSA) is 24.9 Å². The standard InChI is InChI=1S/C58H44N2O2/c1-61-57-51(39-31-35-45(36-32-39)59(41-19-7-3-8-20-41)42-21-9-4-10-22-42)52(40-33-37-46(38-34-40)60(43-23-11-5-12-24-43)44-25-13-6-14-26-44)58(62-2)56-54-49-29-17-15-27-47(49)53(55(56)57)48-28-16-18-30-50(48)54/h3-38,53-54H,1-2H3. The molecule has 0 spiro atoms. The second-order valence-electron chi connectivity index (χ2n) is 15.9. The maximum Gasteiger partial charge on any atom is 0.132 e. The zero-order valence-corrected chi connectivity index (χ0v) is 34.7. The highest BCUT2D eigenvalue weighted by atomic mass is 16.5. The summed E-state index contributed by atoms with van der Waals surface area (Å²) < 4.78 is 13.5. The molecule has 0 aliphatic heterocycles. The summed E-state index contributed by atoms with van der Waals surface area (Å²) in [5, 5.41) is 0. The molecule has 0 radical (unpaired) electrons. The van der Waals surface area contributed by atoms with Gasteiger partial charge in [0, 0.05) is 68.2 Å². The Morgan fingerprint density at radius 3 is 0.790 bits per heavy atom. The minimum Gasteiger partial charge on any atom is -0.496 e. The van der Waals surface area contributed by atoms with Gasteiger partial charge in [0.05, 0.1) is 14.2 Å². The van der Waals surface area contributed by atoms with Gasteiger partial charge in [0.1, 0.15) is 11.5 Å². The largest absolute Gasteiger partial charge is 0.496 e. The van der Waals surface area contributed by atoms with Gasteiger partial charge in [-0.1, -0.05) is 146 Å². The van der Waals surface area contributed by atoms with Crippen LogP contribution in [-0.4, -0.2) is 14.2 Å². The van der Waals surface area contributed by atoms with Crippen LogP contribution in [0.25, 0.3) is 22.3 Å². The van der Waals surface area contributed by atoms with Crippen molar-refractivity contribution in [2.45, 2.75) is 11.8 Å². The highest BCUT2D eigenvalue weighted by Crippen LogP contribution is 2.64. The van der Waals surface area contributed by atoms with Crippen molar-refractivity contribution < 1.29 is 9.47 Å². The molecular formula is C58H44N2O2. The average Bonchev–Trinajstić information content (AvgIpc) is 3.35.